The van der Waals surface area contributed by atoms with Gasteiger partial charge in [-0.25, -0.2) is 4.98 Å². The van der Waals surface area contributed by atoms with Gasteiger partial charge in [0.1, 0.15) is 5.82 Å². The van der Waals surface area contributed by atoms with Crippen molar-refractivity contribution in [2.24, 2.45) is 5.92 Å². The van der Waals surface area contributed by atoms with Gasteiger partial charge >= 0.3 is 0 Å². The predicted molar refractivity (Wildman–Crippen MR) is 66.8 cm³/mol. The Hall–Kier alpha value is -1.32. The van der Waals surface area contributed by atoms with E-state index in [1.54, 1.807) is 0 Å². The molecule has 1 saturated carbocycles. The summed E-state index contributed by atoms with van der Waals surface area (Å²) >= 11 is 0. The van der Waals surface area contributed by atoms with Crippen LogP contribution in [0.4, 0.5) is 11.8 Å². The molecule has 2 N–H and O–H groups in total. The number of nitrogens with zero attached hydrogens (tertiary/aromatic N) is 2. The van der Waals surface area contributed by atoms with E-state index >= 15 is 0 Å². The molecular formula is C12H20N4. The summed E-state index contributed by atoms with van der Waals surface area (Å²) in [6.07, 6.45) is 7.33. The van der Waals surface area contributed by atoms with Gasteiger partial charge in [0.25, 0.3) is 0 Å². The first kappa shape index (κ1) is 11.2. The number of hydrogen-bond acceptors (Lipinski definition) is 4. The van der Waals surface area contributed by atoms with E-state index in [1.165, 1.54) is 25.7 Å². The monoisotopic (exact) mass is 220 g/mol. The molecule has 0 aromatic carbocycles. The summed E-state index contributed by atoms with van der Waals surface area (Å²) in [5.74, 6) is 2.65. The second kappa shape index (κ2) is 5.14. The van der Waals surface area contributed by atoms with Crippen LogP contribution >= 0.6 is 0 Å². The minimum Gasteiger partial charge on any atom is -0.370 e. The minimum atomic E-state index is 0.676. The zero-order chi connectivity index (χ0) is 11.4. The predicted octanol–water partition coefficient (Wildman–Crippen LogP) is 2.43. The van der Waals surface area contributed by atoms with E-state index in [0.717, 1.165) is 23.8 Å². The number of aryl methyl sites for hydroxylation is 1. The van der Waals surface area contributed by atoms with E-state index in [2.05, 4.69) is 20.6 Å². The Morgan fingerprint density at radius 2 is 2.25 bits per heavy atom. The fraction of sp³-hybridized carbons (Fsp3) is 0.667. The van der Waals surface area contributed by atoms with Crippen LogP contribution in [0.15, 0.2) is 6.20 Å². The average molecular weight is 220 g/mol. The second-order valence-corrected chi connectivity index (χ2v) is 4.49. The highest BCUT2D eigenvalue weighted by Gasteiger charge is 2.19. The molecule has 0 unspecified atom stereocenters. The third-order valence-corrected chi connectivity index (χ3v) is 2.97. The van der Waals surface area contributed by atoms with Gasteiger partial charge < -0.3 is 10.6 Å². The maximum Gasteiger partial charge on any atom is 0.224 e. The Bertz CT molecular complexity index is 347. The fourth-order valence-electron chi connectivity index (χ4n) is 1.75. The van der Waals surface area contributed by atoms with Crippen molar-refractivity contribution in [1.82, 2.24) is 9.97 Å². The Kier molecular flexibility index (Phi) is 3.59. The maximum absolute atomic E-state index is 4.39. The molecule has 0 saturated heterocycles. The molecule has 1 heterocycles. The number of hydrogen-bond donors (Lipinski definition) is 2. The first-order valence-electron chi connectivity index (χ1n) is 6.05. The molecular weight excluding hydrogens is 200 g/mol. The van der Waals surface area contributed by atoms with Gasteiger partial charge in [0.05, 0.1) is 0 Å². The lowest BCUT2D eigenvalue weighted by molar-refractivity contribution is 0.686. The zero-order valence-corrected chi connectivity index (χ0v) is 10.1. The summed E-state index contributed by atoms with van der Waals surface area (Å²) in [6, 6.07) is 0. The lowest BCUT2D eigenvalue weighted by atomic mass is 10.2. The van der Waals surface area contributed by atoms with Crippen molar-refractivity contribution in [2.45, 2.75) is 32.6 Å². The van der Waals surface area contributed by atoms with E-state index < -0.39 is 0 Å². The molecule has 0 atom stereocenters. The van der Waals surface area contributed by atoms with Crippen LogP contribution in [-0.4, -0.2) is 23.6 Å². The van der Waals surface area contributed by atoms with Crippen molar-refractivity contribution in [3.8, 4) is 0 Å². The molecule has 1 aliphatic rings. The summed E-state index contributed by atoms with van der Waals surface area (Å²) in [5.41, 5.74) is 1.10. The normalized spacial score (nSPS) is 14.9. The Balaban J connectivity index is 1.81. The molecule has 0 radical (unpaired) electrons. The van der Waals surface area contributed by atoms with Crippen molar-refractivity contribution in [1.29, 1.82) is 0 Å². The average Bonchev–Trinajstić information content (AvgIpc) is 3.10. The van der Waals surface area contributed by atoms with Gasteiger partial charge in [-0.3, -0.25) is 0 Å². The lowest BCUT2D eigenvalue weighted by Gasteiger charge is -2.09. The topological polar surface area (TPSA) is 49.8 Å². The molecule has 4 nitrogen and oxygen atoms in total. The van der Waals surface area contributed by atoms with Crippen molar-refractivity contribution in [3.63, 3.8) is 0 Å². The van der Waals surface area contributed by atoms with Gasteiger partial charge in [0, 0.05) is 25.4 Å². The molecule has 0 amide bonds. The first-order valence-corrected chi connectivity index (χ1v) is 6.05. The molecule has 88 valence electrons. The number of aromatic nitrogens is 2. The van der Waals surface area contributed by atoms with Gasteiger partial charge in [-0.05, 0) is 25.7 Å². The third kappa shape index (κ3) is 3.08. The molecule has 0 bridgehead atoms. The summed E-state index contributed by atoms with van der Waals surface area (Å²) < 4.78 is 0. The highest BCUT2D eigenvalue weighted by molar-refractivity contribution is 5.46. The van der Waals surface area contributed by atoms with E-state index in [9.17, 15) is 0 Å². The summed E-state index contributed by atoms with van der Waals surface area (Å²) in [5, 5.41) is 6.33. The minimum absolute atomic E-state index is 0.676. The Morgan fingerprint density at radius 3 is 2.94 bits per heavy atom. The molecule has 1 aromatic heterocycles. The van der Waals surface area contributed by atoms with Crippen LogP contribution in [0.1, 0.15) is 31.2 Å². The maximum atomic E-state index is 4.39. The van der Waals surface area contributed by atoms with Crippen molar-refractivity contribution in [2.75, 3.05) is 24.2 Å². The number of nitrogens with one attached hydrogen (secondary N) is 2. The summed E-state index contributed by atoms with van der Waals surface area (Å²) in [4.78, 5) is 8.55. The highest BCUT2D eigenvalue weighted by Crippen LogP contribution is 2.33. The molecule has 4 heteroatoms. The van der Waals surface area contributed by atoms with Crippen LogP contribution < -0.4 is 10.6 Å². The fourth-order valence-corrected chi connectivity index (χ4v) is 1.75. The smallest absolute Gasteiger partial charge is 0.224 e. The van der Waals surface area contributed by atoms with Gasteiger partial charge in [0.2, 0.25) is 5.95 Å². The Morgan fingerprint density at radius 1 is 1.44 bits per heavy atom. The molecule has 16 heavy (non-hydrogen) atoms. The number of rotatable bonds is 6. The lowest BCUT2D eigenvalue weighted by Crippen LogP contribution is -2.07. The molecule has 0 aliphatic heterocycles. The standard InChI is InChI=1S/C12H20N4/c1-9-8-15-12(13-2)16-11(9)14-7-3-4-10-5-6-10/h8,10H,3-7H2,1-2H3,(H2,13,14,15,16). The van der Waals surface area contributed by atoms with Crippen LogP contribution in [0.2, 0.25) is 0 Å². The van der Waals surface area contributed by atoms with E-state index in [-0.39, 0.29) is 0 Å². The van der Waals surface area contributed by atoms with Crippen LogP contribution in [0.5, 0.6) is 0 Å². The quantitative estimate of drug-likeness (QED) is 0.723. The van der Waals surface area contributed by atoms with Crippen LogP contribution in [-0.2, 0) is 0 Å². The number of anilines is 2. The van der Waals surface area contributed by atoms with Crippen molar-refractivity contribution in [3.05, 3.63) is 11.8 Å². The van der Waals surface area contributed by atoms with E-state index in [0.29, 0.717) is 5.95 Å². The first-order chi connectivity index (χ1) is 7.79. The van der Waals surface area contributed by atoms with Crippen LogP contribution in [0, 0.1) is 12.8 Å². The second-order valence-electron chi connectivity index (χ2n) is 4.49. The van der Waals surface area contributed by atoms with Gasteiger partial charge in [-0.2, -0.15) is 4.98 Å². The van der Waals surface area contributed by atoms with E-state index in [4.69, 9.17) is 0 Å². The van der Waals surface area contributed by atoms with Crippen molar-refractivity contribution < 1.29 is 0 Å². The van der Waals surface area contributed by atoms with Gasteiger partial charge in [0.15, 0.2) is 0 Å². The summed E-state index contributed by atoms with van der Waals surface area (Å²) in [6.45, 7) is 3.04. The van der Waals surface area contributed by atoms with Crippen molar-refractivity contribution >= 4 is 11.8 Å². The molecule has 1 aliphatic carbocycles. The van der Waals surface area contributed by atoms with Crippen LogP contribution in [0.25, 0.3) is 0 Å². The third-order valence-electron chi connectivity index (χ3n) is 2.97. The zero-order valence-electron chi connectivity index (χ0n) is 10.1. The molecule has 0 spiro atoms. The Labute approximate surface area is 96.9 Å². The molecule has 1 aromatic rings. The molecule has 1 fully saturated rings. The van der Waals surface area contributed by atoms with Gasteiger partial charge in [-0.15, -0.1) is 0 Å². The van der Waals surface area contributed by atoms with Crippen LogP contribution in [0.3, 0.4) is 0 Å². The highest BCUT2D eigenvalue weighted by atomic mass is 15.1. The largest absolute Gasteiger partial charge is 0.370 e. The summed E-state index contributed by atoms with van der Waals surface area (Å²) in [7, 11) is 1.83. The molecule has 2 rings (SSSR count). The SMILES string of the molecule is CNc1ncc(C)c(NCCCC2CC2)n1. The van der Waals surface area contributed by atoms with E-state index in [1.807, 2.05) is 20.2 Å². The van der Waals surface area contributed by atoms with Gasteiger partial charge in [-0.1, -0.05) is 12.8 Å².